The summed E-state index contributed by atoms with van der Waals surface area (Å²) in [5, 5.41) is 0. The summed E-state index contributed by atoms with van der Waals surface area (Å²) in [4.78, 5) is 4.11. The van der Waals surface area contributed by atoms with Crippen molar-refractivity contribution >= 4 is 21.6 Å². The van der Waals surface area contributed by atoms with Gasteiger partial charge in [-0.15, -0.1) is 0 Å². The van der Waals surface area contributed by atoms with Crippen molar-refractivity contribution in [1.29, 1.82) is 0 Å². The fourth-order valence-electron chi connectivity index (χ4n) is 3.06. The van der Waals surface area contributed by atoms with E-state index in [1.165, 1.54) is 0 Å². The molecule has 0 aliphatic heterocycles. The second-order valence-corrected chi connectivity index (χ2v) is 7.03. The summed E-state index contributed by atoms with van der Waals surface area (Å²) in [5.41, 5.74) is 15.1. The summed E-state index contributed by atoms with van der Waals surface area (Å²) in [6.07, 6.45) is 0. The van der Waals surface area contributed by atoms with E-state index in [2.05, 4.69) is 4.98 Å². The van der Waals surface area contributed by atoms with Gasteiger partial charge in [-0.1, -0.05) is 6.07 Å². The zero-order valence-corrected chi connectivity index (χ0v) is 14.6. The summed E-state index contributed by atoms with van der Waals surface area (Å²) in [6, 6.07) is 1.71. The number of aryl methyl sites for hydroxylation is 3. The number of anilines is 2. The molecule has 5 N–H and O–H groups in total. The van der Waals surface area contributed by atoms with Gasteiger partial charge in [0.1, 0.15) is 22.0 Å². The third kappa shape index (κ3) is 2.75. The van der Waals surface area contributed by atoms with Gasteiger partial charge in [-0.25, -0.2) is 0 Å². The molecule has 1 aromatic heterocycles. The normalized spacial score (nSPS) is 11.7. The Bertz CT molecular complexity index is 921. The number of benzene rings is 1. The highest BCUT2D eigenvalue weighted by molar-refractivity contribution is 7.86. The maximum atomic E-state index is 11.7. The number of hydrogen-bond donors (Lipinski definition) is 3. The molecule has 7 nitrogen and oxygen atoms in total. The van der Waals surface area contributed by atoms with Gasteiger partial charge in [-0.3, -0.25) is 4.55 Å². The lowest BCUT2D eigenvalue weighted by molar-refractivity contribution is -0.613. The van der Waals surface area contributed by atoms with Crippen LogP contribution in [0.5, 0.6) is 0 Å². The highest BCUT2D eigenvalue weighted by Gasteiger charge is 2.27. The average molecular weight is 337 g/mol. The van der Waals surface area contributed by atoms with Crippen LogP contribution in [0.2, 0.25) is 0 Å². The molecule has 124 valence electrons. The smallest absolute Gasteiger partial charge is 0.303 e. The minimum atomic E-state index is -4.35. The van der Waals surface area contributed by atoms with Crippen molar-refractivity contribution in [3.63, 3.8) is 0 Å². The van der Waals surface area contributed by atoms with Crippen molar-refractivity contribution in [1.82, 2.24) is 4.98 Å². The van der Waals surface area contributed by atoms with Gasteiger partial charge >= 0.3 is 5.82 Å². The van der Waals surface area contributed by atoms with E-state index >= 15 is 0 Å². The molecule has 0 saturated heterocycles. The third-order valence-electron chi connectivity index (χ3n) is 3.95. The van der Waals surface area contributed by atoms with Crippen molar-refractivity contribution in [2.45, 2.75) is 39.5 Å². The maximum absolute atomic E-state index is 11.7. The Morgan fingerprint density at radius 2 is 1.65 bits per heavy atom. The molecule has 1 aromatic carbocycles. The highest BCUT2D eigenvalue weighted by atomic mass is 32.2. The first-order valence-electron chi connectivity index (χ1n) is 6.99. The van der Waals surface area contributed by atoms with E-state index in [9.17, 15) is 13.0 Å². The second-order valence-electron chi connectivity index (χ2n) is 5.67. The quantitative estimate of drug-likeness (QED) is 0.561. The lowest BCUT2D eigenvalue weighted by atomic mass is 10.0. The molecule has 0 saturated carbocycles. The summed E-state index contributed by atoms with van der Waals surface area (Å²) in [7, 11) is -4.35. The number of aromatic nitrogens is 2. The molecule has 23 heavy (non-hydrogen) atoms. The fourth-order valence-corrected chi connectivity index (χ4v) is 4.01. The van der Waals surface area contributed by atoms with Crippen LogP contribution in [0.3, 0.4) is 0 Å². The molecule has 1 heterocycles. The Morgan fingerprint density at radius 1 is 1.09 bits per heavy atom. The second kappa shape index (κ2) is 5.47. The maximum Gasteiger partial charge on any atom is 0.303 e. The molecule has 0 spiro atoms. The van der Waals surface area contributed by atoms with E-state index < -0.39 is 10.1 Å². The van der Waals surface area contributed by atoms with Crippen molar-refractivity contribution in [3.8, 4) is 5.69 Å². The molecule has 0 aliphatic rings. The molecule has 0 bridgehead atoms. The van der Waals surface area contributed by atoms with Crippen LogP contribution in [-0.2, 0) is 10.1 Å². The molecule has 0 fully saturated rings. The van der Waals surface area contributed by atoms with E-state index in [1.54, 1.807) is 38.3 Å². The number of nitrogen functional groups attached to an aromatic ring is 2. The Kier molecular flexibility index (Phi) is 4.08. The van der Waals surface area contributed by atoms with Gasteiger partial charge in [0.2, 0.25) is 0 Å². The molecule has 2 aromatic rings. The van der Waals surface area contributed by atoms with Gasteiger partial charge in [0.05, 0.1) is 0 Å². The minimum absolute atomic E-state index is 0.0974. The van der Waals surface area contributed by atoms with Gasteiger partial charge in [0.25, 0.3) is 15.9 Å². The molecule has 0 radical (unpaired) electrons. The molecule has 0 amide bonds. The molecular weight excluding hydrogens is 316 g/mol. The van der Waals surface area contributed by atoms with Crippen molar-refractivity contribution in [2.75, 3.05) is 11.5 Å². The predicted molar refractivity (Wildman–Crippen MR) is 88.1 cm³/mol. The van der Waals surface area contributed by atoms with Crippen LogP contribution in [0.4, 0.5) is 11.5 Å². The highest BCUT2D eigenvalue weighted by Crippen LogP contribution is 2.28. The number of nitrogens with two attached hydrogens (primary N) is 2. The number of rotatable bonds is 2. The van der Waals surface area contributed by atoms with Crippen LogP contribution in [0.25, 0.3) is 5.69 Å². The van der Waals surface area contributed by atoms with Gasteiger partial charge in [-0.05, 0) is 36.9 Å². The monoisotopic (exact) mass is 337 g/mol. The Morgan fingerprint density at radius 3 is 2.17 bits per heavy atom. The Labute approximate surface area is 135 Å². The van der Waals surface area contributed by atoms with Crippen LogP contribution in [-0.4, -0.2) is 18.0 Å². The summed E-state index contributed by atoms with van der Waals surface area (Å²) in [5.74, 6) is 0.805. The van der Waals surface area contributed by atoms with Crippen LogP contribution >= 0.6 is 0 Å². The first-order chi connectivity index (χ1) is 10.5. The molecule has 0 atom stereocenters. The minimum Gasteiger partial charge on any atom is -0.391 e. The number of hydrogen-bond acceptors (Lipinski definition) is 5. The zero-order chi connectivity index (χ0) is 17.7. The van der Waals surface area contributed by atoms with Gasteiger partial charge in [-0.2, -0.15) is 13.0 Å². The largest absolute Gasteiger partial charge is 0.391 e. The van der Waals surface area contributed by atoms with E-state index in [4.69, 9.17) is 11.5 Å². The van der Waals surface area contributed by atoms with Crippen molar-refractivity contribution < 1.29 is 17.5 Å². The fraction of sp³-hybridized carbons (Fsp3) is 0.333. The standard InChI is InChI=1S/C15H20N4O3S/c1-7-6-8(2)14(23(20,21)22)9(3)13(7)19-10(4)12(16)15(17)18-11(19)5/h6,17H,16H2,1-5H3,(H,20,21,22)/p+1. The van der Waals surface area contributed by atoms with Crippen molar-refractivity contribution in [2.24, 2.45) is 0 Å². The molecule has 2 rings (SSSR count). The van der Waals surface area contributed by atoms with Gasteiger partial charge in [0.15, 0.2) is 0 Å². The third-order valence-corrected chi connectivity index (χ3v) is 5.09. The Balaban J connectivity index is 3.00. The predicted octanol–water partition coefficient (Wildman–Crippen LogP) is 1.31. The number of nitrogens with zero attached hydrogens (tertiary/aromatic N) is 2. The van der Waals surface area contributed by atoms with Gasteiger partial charge in [0, 0.05) is 19.4 Å². The Hall–Kier alpha value is -2.19. The van der Waals surface area contributed by atoms with Gasteiger partial charge < -0.3 is 11.5 Å². The van der Waals surface area contributed by atoms with Crippen molar-refractivity contribution in [3.05, 3.63) is 34.3 Å². The summed E-state index contributed by atoms with van der Waals surface area (Å²) < 4.78 is 34.8. The van der Waals surface area contributed by atoms with E-state index in [0.717, 1.165) is 5.56 Å². The van der Waals surface area contributed by atoms with E-state index in [-0.39, 0.29) is 10.7 Å². The van der Waals surface area contributed by atoms with Crippen LogP contribution < -0.4 is 16.0 Å². The average Bonchev–Trinajstić information content (AvgIpc) is 2.37. The topological polar surface area (TPSA) is 123 Å². The zero-order valence-electron chi connectivity index (χ0n) is 13.8. The lowest BCUT2D eigenvalue weighted by Crippen LogP contribution is -2.42. The van der Waals surface area contributed by atoms with E-state index in [0.29, 0.717) is 34.0 Å². The molecular formula is C15H21N4O3S+. The van der Waals surface area contributed by atoms with Crippen LogP contribution in [0.15, 0.2) is 11.0 Å². The van der Waals surface area contributed by atoms with E-state index in [1.807, 2.05) is 6.92 Å². The molecule has 0 aliphatic carbocycles. The SMILES string of the molecule is Cc1cc(C)c(S(=O)(=O)O)c(C)c1-[n+]1c(C)nc(N)c(N)c1C. The van der Waals surface area contributed by atoms with Crippen LogP contribution in [0, 0.1) is 34.6 Å². The van der Waals surface area contributed by atoms with Crippen LogP contribution in [0.1, 0.15) is 28.2 Å². The summed E-state index contributed by atoms with van der Waals surface area (Å²) in [6.45, 7) is 8.70. The lowest BCUT2D eigenvalue weighted by Gasteiger charge is -2.16. The first kappa shape index (κ1) is 17.2. The molecule has 0 unspecified atom stereocenters. The molecule has 8 heteroatoms. The summed E-state index contributed by atoms with van der Waals surface area (Å²) >= 11 is 0. The first-order valence-corrected chi connectivity index (χ1v) is 8.43.